The first-order valence-electron chi connectivity index (χ1n) is 5.89. The van der Waals surface area contributed by atoms with Crippen LogP contribution in [0.25, 0.3) is 0 Å². The molecule has 1 aromatic carbocycles. The zero-order valence-corrected chi connectivity index (χ0v) is 9.67. The van der Waals surface area contributed by atoms with Crippen molar-refractivity contribution in [2.45, 2.75) is 18.9 Å². The summed E-state index contributed by atoms with van der Waals surface area (Å²) in [6.45, 7) is 3.49. The van der Waals surface area contributed by atoms with Crippen molar-refractivity contribution in [3.8, 4) is 0 Å². The van der Waals surface area contributed by atoms with Crippen LogP contribution in [-0.2, 0) is 0 Å². The zero-order chi connectivity index (χ0) is 12.1. The highest BCUT2D eigenvalue weighted by molar-refractivity contribution is 5.67. The van der Waals surface area contributed by atoms with E-state index in [0.717, 1.165) is 31.5 Å². The predicted octanol–water partition coefficient (Wildman–Crippen LogP) is 1.93. The molecule has 0 unspecified atom stereocenters. The van der Waals surface area contributed by atoms with Crippen molar-refractivity contribution >= 4 is 6.09 Å². The highest BCUT2D eigenvalue weighted by Gasteiger charge is 2.25. The molecule has 1 aliphatic rings. The molecule has 1 fully saturated rings. The highest BCUT2D eigenvalue weighted by atomic mass is 16.4. The number of carbonyl (C=O) groups is 1. The van der Waals surface area contributed by atoms with Crippen molar-refractivity contribution in [2.24, 2.45) is 0 Å². The third kappa shape index (κ3) is 3.20. The molecule has 0 aromatic heterocycles. The summed E-state index contributed by atoms with van der Waals surface area (Å²) in [5.74, 6) is 0. The van der Waals surface area contributed by atoms with Gasteiger partial charge in [0.15, 0.2) is 0 Å². The molecule has 0 saturated carbocycles. The fourth-order valence-electron chi connectivity index (χ4n) is 2.10. The van der Waals surface area contributed by atoms with Gasteiger partial charge < -0.3 is 10.4 Å². The number of piperidine rings is 1. The molecule has 1 aliphatic heterocycles. The van der Waals surface area contributed by atoms with E-state index in [-0.39, 0.29) is 6.04 Å². The second-order valence-corrected chi connectivity index (χ2v) is 4.21. The van der Waals surface area contributed by atoms with Gasteiger partial charge in [0.2, 0.25) is 0 Å². The average Bonchev–Trinajstić information content (AvgIpc) is 2.38. The van der Waals surface area contributed by atoms with Crippen molar-refractivity contribution in [1.82, 2.24) is 10.2 Å². The van der Waals surface area contributed by atoms with E-state index in [2.05, 4.69) is 5.32 Å². The molecule has 1 heterocycles. The van der Waals surface area contributed by atoms with Gasteiger partial charge >= 0.3 is 6.09 Å². The number of carboxylic acid groups (broad SMARTS) is 1. The molecule has 17 heavy (non-hydrogen) atoms. The molecule has 1 aromatic rings. The number of nitrogens with zero attached hydrogens (tertiary/aromatic N) is 1. The number of hydrogen-bond donors (Lipinski definition) is 2. The smallest absolute Gasteiger partial charge is 0.408 e. The zero-order valence-electron chi connectivity index (χ0n) is 9.67. The van der Waals surface area contributed by atoms with Crippen LogP contribution in [0.4, 0.5) is 4.79 Å². The fourth-order valence-corrected chi connectivity index (χ4v) is 2.10. The predicted molar refractivity (Wildman–Crippen MR) is 65.6 cm³/mol. The largest absolute Gasteiger partial charge is 0.465 e. The van der Waals surface area contributed by atoms with E-state index in [9.17, 15) is 9.90 Å². The summed E-state index contributed by atoms with van der Waals surface area (Å²) in [6.07, 6.45) is 0.867. The number of hydrogen-bond acceptors (Lipinski definition) is 2. The summed E-state index contributed by atoms with van der Waals surface area (Å²) in [4.78, 5) is 12.7. The molecule has 0 atom stereocenters. The van der Waals surface area contributed by atoms with Crippen molar-refractivity contribution in [3.05, 3.63) is 42.4 Å². The Morgan fingerprint density at radius 1 is 1.29 bits per heavy atom. The Kier molecular flexibility index (Phi) is 3.98. The van der Waals surface area contributed by atoms with Crippen LogP contribution in [0.5, 0.6) is 0 Å². The van der Waals surface area contributed by atoms with E-state index in [4.69, 9.17) is 0 Å². The van der Waals surface area contributed by atoms with Crippen molar-refractivity contribution < 1.29 is 9.90 Å². The highest BCUT2D eigenvalue weighted by Crippen LogP contribution is 2.17. The molecule has 0 bridgehead atoms. The summed E-state index contributed by atoms with van der Waals surface area (Å²) in [5, 5.41) is 12.5. The Hall–Kier alpha value is -1.55. The number of nitrogens with one attached hydrogen (secondary N) is 1. The minimum Gasteiger partial charge on any atom is -0.465 e. The fraction of sp³-hybridized carbons (Fsp3) is 0.385. The van der Waals surface area contributed by atoms with Gasteiger partial charge in [-0.3, -0.25) is 4.90 Å². The topological polar surface area (TPSA) is 52.6 Å². The van der Waals surface area contributed by atoms with Gasteiger partial charge in [-0.25, -0.2) is 4.79 Å². The van der Waals surface area contributed by atoms with Crippen LogP contribution >= 0.6 is 0 Å². The van der Waals surface area contributed by atoms with E-state index in [1.807, 2.05) is 30.3 Å². The van der Waals surface area contributed by atoms with Crippen LogP contribution in [0.1, 0.15) is 18.4 Å². The lowest BCUT2D eigenvalue weighted by molar-refractivity contribution is 0.132. The Morgan fingerprint density at radius 3 is 2.53 bits per heavy atom. The first-order chi connectivity index (χ1) is 8.27. The molecule has 1 radical (unpaired) electrons. The van der Waals surface area contributed by atoms with Crippen LogP contribution < -0.4 is 5.32 Å². The first-order valence-corrected chi connectivity index (χ1v) is 5.89. The summed E-state index contributed by atoms with van der Waals surface area (Å²) in [5.41, 5.74) is 0.924. The van der Waals surface area contributed by atoms with Gasteiger partial charge in [-0.15, -0.1) is 0 Å². The normalized spacial score (nSPS) is 16.7. The van der Waals surface area contributed by atoms with Crippen LogP contribution in [0.15, 0.2) is 30.3 Å². The maximum absolute atomic E-state index is 11.3. The van der Waals surface area contributed by atoms with Gasteiger partial charge in [-0.2, -0.15) is 0 Å². The quantitative estimate of drug-likeness (QED) is 0.838. The summed E-state index contributed by atoms with van der Waals surface area (Å²) in [7, 11) is 0. The summed E-state index contributed by atoms with van der Waals surface area (Å²) >= 11 is 0. The molecule has 1 saturated heterocycles. The van der Waals surface area contributed by atoms with E-state index >= 15 is 0 Å². The number of rotatable bonds is 3. The molecule has 0 spiro atoms. The Morgan fingerprint density at radius 2 is 1.94 bits per heavy atom. The van der Waals surface area contributed by atoms with E-state index < -0.39 is 6.09 Å². The lowest BCUT2D eigenvalue weighted by Gasteiger charge is -2.32. The van der Waals surface area contributed by atoms with E-state index in [1.54, 1.807) is 6.54 Å². The number of benzene rings is 1. The maximum atomic E-state index is 11.3. The average molecular weight is 233 g/mol. The number of amides is 1. The summed E-state index contributed by atoms with van der Waals surface area (Å²) in [6, 6.07) is 9.66. The molecule has 0 aliphatic carbocycles. The minimum absolute atomic E-state index is 0.0916. The Balaban J connectivity index is 2.04. The van der Waals surface area contributed by atoms with E-state index in [0.29, 0.717) is 0 Å². The molecule has 4 heteroatoms. The molecule has 1 amide bonds. The maximum Gasteiger partial charge on any atom is 0.408 e. The molecule has 91 valence electrons. The SMILES string of the molecule is O=C(O)N([CH]c1ccccc1)C1CCNCC1. The second kappa shape index (κ2) is 5.68. The lowest BCUT2D eigenvalue weighted by Crippen LogP contribution is -2.44. The third-order valence-electron chi connectivity index (χ3n) is 3.01. The van der Waals surface area contributed by atoms with Gasteiger partial charge in [0, 0.05) is 6.04 Å². The Labute approximate surface area is 101 Å². The minimum atomic E-state index is -0.874. The molecular weight excluding hydrogens is 216 g/mol. The molecule has 4 nitrogen and oxygen atoms in total. The van der Waals surface area contributed by atoms with Crippen LogP contribution in [0.2, 0.25) is 0 Å². The van der Waals surface area contributed by atoms with Crippen molar-refractivity contribution in [2.75, 3.05) is 13.1 Å². The van der Waals surface area contributed by atoms with Crippen LogP contribution in [-0.4, -0.2) is 35.2 Å². The van der Waals surface area contributed by atoms with Gasteiger partial charge in [-0.1, -0.05) is 30.3 Å². The molecule has 2 rings (SSSR count). The first kappa shape index (κ1) is 11.9. The van der Waals surface area contributed by atoms with Crippen molar-refractivity contribution in [1.29, 1.82) is 0 Å². The van der Waals surface area contributed by atoms with E-state index in [1.165, 1.54) is 4.90 Å². The lowest BCUT2D eigenvalue weighted by atomic mass is 10.0. The Bertz CT molecular complexity index is 361. The summed E-state index contributed by atoms with van der Waals surface area (Å²) < 4.78 is 0. The van der Waals surface area contributed by atoms with Crippen LogP contribution in [0.3, 0.4) is 0 Å². The third-order valence-corrected chi connectivity index (χ3v) is 3.01. The van der Waals surface area contributed by atoms with Gasteiger partial charge in [0.1, 0.15) is 0 Å². The van der Waals surface area contributed by atoms with Gasteiger partial charge in [-0.05, 0) is 31.5 Å². The van der Waals surface area contributed by atoms with Gasteiger partial charge in [0.05, 0.1) is 6.54 Å². The van der Waals surface area contributed by atoms with Crippen molar-refractivity contribution in [3.63, 3.8) is 0 Å². The van der Waals surface area contributed by atoms with Crippen LogP contribution in [0, 0.1) is 6.54 Å². The second-order valence-electron chi connectivity index (χ2n) is 4.21. The molecular formula is C13H17N2O2. The monoisotopic (exact) mass is 233 g/mol. The molecule has 2 N–H and O–H groups in total. The standard InChI is InChI=1S/C13H17N2O2/c16-13(17)15(12-6-8-14-9-7-12)10-11-4-2-1-3-5-11/h1-5,10,12,14H,6-9H2,(H,16,17). The van der Waals surface area contributed by atoms with Gasteiger partial charge in [0.25, 0.3) is 0 Å².